The van der Waals surface area contributed by atoms with E-state index in [9.17, 15) is 18.3 Å². The molecule has 0 bridgehead atoms. The van der Waals surface area contributed by atoms with Gasteiger partial charge in [0.1, 0.15) is 12.4 Å². The molecule has 1 N–H and O–H groups in total. The van der Waals surface area contributed by atoms with Gasteiger partial charge in [0.2, 0.25) is 0 Å². The highest BCUT2D eigenvalue weighted by Crippen LogP contribution is 2.38. The number of rotatable bonds is 5. The Morgan fingerprint density at radius 3 is 2.37 bits per heavy atom. The monoisotopic (exact) mass is 276 g/mol. The molecule has 1 aromatic rings. The van der Waals surface area contributed by atoms with Crippen LogP contribution >= 0.6 is 0 Å². The van der Waals surface area contributed by atoms with Crippen LogP contribution in [0.4, 0.5) is 13.2 Å². The average molecular weight is 276 g/mol. The standard InChI is InChI=1S/C14H19F3O2/c1-4-11(18)8-19-13-6-5-10(9(2)3)7-12(13)14(15,16)17/h5-7,9,11,18H,4,8H2,1-3H3. The maximum absolute atomic E-state index is 13.0. The third-order valence-corrected chi connectivity index (χ3v) is 2.88. The summed E-state index contributed by atoms with van der Waals surface area (Å²) in [6.07, 6.45) is -4.78. The smallest absolute Gasteiger partial charge is 0.419 e. The van der Waals surface area contributed by atoms with Crippen LogP contribution in [0.5, 0.6) is 5.75 Å². The fraction of sp³-hybridized carbons (Fsp3) is 0.571. The van der Waals surface area contributed by atoms with Crippen LogP contribution in [0.2, 0.25) is 0 Å². The lowest BCUT2D eigenvalue weighted by atomic mass is 10.00. The van der Waals surface area contributed by atoms with Crippen LogP contribution < -0.4 is 4.74 Å². The highest BCUT2D eigenvalue weighted by molar-refractivity contribution is 5.40. The third kappa shape index (κ3) is 4.42. The number of aliphatic hydroxyl groups is 1. The molecule has 0 amide bonds. The molecule has 0 saturated carbocycles. The third-order valence-electron chi connectivity index (χ3n) is 2.88. The molecular weight excluding hydrogens is 257 g/mol. The van der Waals surface area contributed by atoms with Gasteiger partial charge in [-0.15, -0.1) is 0 Å². The Kier molecular flexibility index (Phi) is 5.23. The van der Waals surface area contributed by atoms with Gasteiger partial charge < -0.3 is 9.84 Å². The molecule has 1 atom stereocenters. The molecule has 19 heavy (non-hydrogen) atoms. The summed E-state index contributed by atoms with van der Waals surface area (Å²) < 4.78 is 43.9. The molecule has 108 valence electrons. The lowest BCUT2D eigenvalue weighted by Gasteiger charge is -2.17. The van der Waals surface area contributed by atoms with Crippen molar-refractivity contribution in [3.05, 3.63) is 29.3 Å². The Hall–Kier alpha value is -1.23. The van der Waals surface area contributed by atoms with Crippen LogP contribution in [0, 0.1) is 0 Å². The van der Waals surface area contributed by atoms with Crippen molar-refractivity contribution < 1.29 is 23.0 Å². The van der Waals surface area contributed by atoms with E-state index in [2.05, 4.69) is 0 Å². The molecule has 0 aliphatic carbocycles. The van der Waals surface area contributed by atoms with E-state index in [4.69, 9.17) is 4.74 Å². The van der Waals surface area contributed by atoms with Crippen LogP contribution in [-0.2, 0) is 6.18 Å². The number of aliphatic hydroxyl groups excluding tert-OH is 1. The lowest BCUT2D eigenvalue weighted by Crippen LogP contribution is -2.18. The molecule has 0 aliphatic rings. The van der Waals surface area contributed by atoms with Crippen molar-refractivity contribution in [2.24, 2.45) is 0 Å². The van der Waals surface area contributed by atoms with Crippen LogP contribution in [0.3, 0.4) is 0 Å². The first-order valence-electron chi connectivity index (χ1n) is 6.27. The van der Waals surface area contributed by atoms with Gasteiger partial charge in [-0.25, -0.2) is 0 Å². The van der Waals surface area contributed by atoms with Crippen molar-refractivity contribution >= 4 is 0 Å². The summed E-state index contributed by atoms with van der Waals surface area (Å²) in [5, 5.41) is 9.35. The predicted molar refractivity (Wildman–Crippen MR) is 67.3 cm³/mol. The molecule has 0 aromatic heterocycles. The summed E-state index contributed by atoms with van der Waals surface area (Å²) in [6, 6.07) is 4.05. The fourth-order valence-electron chi connectivity index (χ4n) is 1.56. The molecule has 1 aromatic carbocycles. The summed E-state index contributed by atoms with van der Waals surface area (Å²) in [5.41, 5.74) is -0.183. The van der Waals surface area contributed by atoms with Crippen LogP contribution in [0.25, 0.3) is 0 Å². The molecule has 0 heterocycles. The number of hydrogen-bond acceptors (Lipinski definition) is 2. The van der Waals surface area contributed by atoms with Crippen molar-refractivity contribution in [1.82, 2.24) is 0 Å². The van der Waals surface area contributed by atoms with Gasteiger partial charge in [-0.05, 0) is 30.0 Å². The van der Waals surface area contributed by atoms with Gasteiger partial charge in [0.05, 0.1) is 11.7 Å². The van der Waals surface area contributed by atoms with Crippen LogP contribution in [-0.4, -0.2) is 17.8 Å². The van der Waals surface area contributed by atoms with Gasteiger partial charge in [-0.1, -0.05) is 26.8 Å². The second-order valence-corrected chi connectivity index (χ2v) is 4.78. The van der Waals surface area contributed by atoms with E-state index in [-0.39, 0.29) is 18.3 Å². The topological polar surface area (TPSA) is 29.5 Å². The first-order chi connectivity index (χ1) is 8.75. The van der Waals surface area contributed by atoms with E-state index in [1.54, 1.807) is 13.0 Å². The van der Waals surface area contributed by atoms with Gasteiger partial charge in [-0.2, -0.15) is 13.2 Å². The highest BCUT2D eigenvalue weighted by Gasteiger charge is 2.35. The van der Waals surface area contributed by atoms with Crippen LogP contribution in [0.1, 0.15) is 44.2 Å². The highest BCUT2D eigenvalue weighted by atomic mass is 19.4. The van der Waals surface area contributed by atoms with E-state index in [0.29, 0.717) is 12.0 Å². The maximum atomic E-state index is 13.0. The molecule has 0 fully saturated rings. The molecule has 0 saturated heterocycles. The second-order valence-electron chi connectivity index (χ2n) is 4.78. The van der Waals surface area contributed by atoms with E-state index < -0.39 is 17.8 Å². The largest absolute Gasteiger partial charge is 0.490 e. The Morgan fingerprint density at radius 1 is 1.26 bits per heavy atom. The van der Waals surface area contributed by atoms with E-state index in [0.717, 1.165) is 6.07 Å². The van der Waals surface area contributed by atoms with Crippen molar-refractivity contribution in [3.63, 3.8) is 0 Å². The van der Waals surface area contributed by atoms with Gasteiger partial charge in [-0.3, -0.25) is 0 Å². The minimum atomic E-state index is -4.46. The van der Waals surface area contributed by atoms with Gasteiger partial charge >= 0.3 is 6.18 Å². The Morgan fingerprint density at radius 2 is 1.89 bits per heavy atom. The fourth-order valence-corrected chi connectivity index (χ4v) is 1.56. The quantitative estimate of drug-likeness (QED) is 0.881. The summed E-state index contributed by atoms with van der Waals surface area (Å²) in [6.45, 7) is 5.26. The van der Waals surface area contributed by atoms with Crippen molar-refractivity contribution in [1.29, 1.82) is 0 Å². The molecule has 1 unspecified atom stereocenters. The SMILES string of the molecule is CCC(O)COc1ccc(C(C)C)cc1C(F)(F)F. The number of halogens is 3. The second kappa shape index (κ2) is 6.28. The summed E-state index contributed by atoms with van der Waals surface area (Å²) in [7, 11) is 0. The number of hydrogen-bond donors (Lipinski definition) is 1. The molecule has 0 radical (unpaired) electrons. The lowest BCUT2D eigenvalue weighted by molar-refractivity contribution is -0.139. The zero-order valence-electron chi connectivity index (χ0n) is 11.3. The Labute approximate surface area is 111 Å². The maximum Gasteiger partial charge on any atom is 0.419 e. The molecule has 1 rings (SSSR count). The van der Waals surface area contributed by atoms with Gasteiger partial charge in [0, 0.05) is 0 Å². The van der Waals surface area contributed by atoms with Crippen LogP contribution in [0.15, 0.2) is 18.2 Å². The van der Waals surface area contributed by atoms with E-state index in [1.165, 1.54) is 6.07 Å². The minimum absolute atomic E-state index is 0.0105. The first-order valence-corrected chi connectivity index (χ1v) is 6.27. The molecule has 0 spiro atoms. The number of alkyl halides is 3. The predicted octanol–water partition coefficient (Wildman–Crippen LogP) is 3.98. The van der Waals surface area contributed by atoms with Crippen molar-refractivity contribution in [3.8, 4) is 5.75 Å². The molecule has 2 nitrogen and oxygen atoms in total. The number of benzene rings is 1. The first kappa shape index (κ1) is 15.8. The number of ether oxygens (including phenoxy) is 1. The van der Waals surface area contributed by atoms with Gasteiger partial charge in [0.15, 0.2) is 0 Å². The van der Waals surface area contributed by atoms with Crippen molar-refractivity contribution in [2.75, 3.05) is 6.61 Å². The average Bonchev–Trinajstić information content (AvgIpc) is 2.34. The summed E-state index contributed by atoms with van der Waals surface area (Å²) >= 11 is 0. The molecular formula is C14H19F3O2. The zero-order valence-corrected chi connectivity index (χ0v) is 11.3. The van der Waals surface area contributed by atoms with E-state index >= 15 is 0 Å². The normalized spacial score (nSPS) is 13.7. The van der Waals surface area contributed by atoms with Crippen molar-refractivity contribution in [2.45, 2.75) is 45.4 Å². The molecule has 0 aliphatic heterocycles. The summed E-state index contributed by atoms with van der Waals surface area (Å²) in [5.74, 6) is -0.221. The Bertz CT molecular complexity index is 414. The van der Waals surface area contributed by atoms with Gasteiger partial charge in [0.25, 0.3) is 0 Å². The minimum Gasteiger partial charge on any atom is -0.490 e. The van der Waals surface area contributed by atoms with E-state index in [1.807, 2.05) is 13.8 Å². The zero-order chi connectivity index (χ0) is 14.6. The summed E-state index contributed by atoms with van der Waals surface area (Å²) in [4.78, 5) is 0. The Balaban J connectivity index is 3.03. The molecule has 5 heteroatoms.